The monoisotopic (exact) mass is 236 g/mol. The zero-order valence-corrected chi connectivity index (χ0v) is 10.7. The molecule has 1 aliphatic rings. The van der Waals surface area contributed by atoms with Crippen LogP contribution in [0.2, 0.25) is 0 Å². The SMILES string of the molecule is CCOc1cc(CC2(O)CC2)c(OC)cc1C. The van der Waals surface area contributed by atoms with E-state index < -0.39 is 5.60 Å². The van der Waals surface area contributed by atoms with Crippen LogP contribution in [0.25, 0.3) is 0 Å². The molecule has 0 aliphatic heterocycles. The van der Waals surface area contributed by atoms with Crippen LogP contribution in [0.4, 0.5) is 0 Å². The number of benzene rings is 1. The van der Waals surface area contributed by atoms with E-state index in [4.69, 9.17) is 9.47 Å². The second-order valence-corrected chi connectivity index (χ2v) is 4.76. The van der Waals surface area contributed by atoms with E-state index in [2.05, 4.69) is 0 Å². The van der Waals surface area contributed by atoms with Crippen molar-refractivity contribution in [2.24, 2.45) is 0 Å². The van der Waals surface area contributed by atoms with Crippen molar-refractivity contribution in [3.8, 4) is 11.5 Å². The molecule has 3 nitrogen and oxygen atoms in total. The first-order chi connectivity index (χ1) is 8.08. The van der Waals surface area contributed by atoms with Gasteiger partial charge in [0.1, 0.15) is 11.5 Å². The third-order valence-corrected chi connectivity index (χ3v) is 3.22. The fourth-order valence-corrected chi connectivity index (χ4v) is 2.02. The maximum atomic E-state index is 10.00. The Kier molecular flexibility index (Phi) is 3.29. The molecular formula is C14H20O3. The van der Waals surface area contributed by atoms with Gasteiger partial charge in [-0.25, -0.2) is 0 Å². The maximum Gasteiger partial charge on any atom is 0.122 e. The molecule has 0 amide bonds. The molecule has 0 bridgehead atoms. The Labute approximate surface area is 102 Å². The Morgan fingerprint density at radius 1 is 1.29 bits per heavy atom. The molecule has 1 aromatic rings. The maximum absolute atomic E-state index is 10.00. The minimum Gasteiger partial charge on any atom is -0.496 e. The van der Waals surface area contributed by atoms with Crippen LogP contribution >= 0.6 is 0 Å². The molecule has 1 aromatic carbocycles. The molecule has 0 heterocycles. The average Bonchev–Trinajstić information content (AvgIpc) is 3.01. The van der Waals surface area contributed by atoms with Crippen molar-refractivity contribution in [3.05, 3.63) is 23.3 Å². The molecule has 1 saturated carbocycles. The lowest BCUT2D eigenvalue weighted by atomic mass is 10.0. The summed E-state index contributed by atoms with van der Waals surface area (Å²) in [4.78, 5) is 0. The molecular weight excluding hydrogens is 216 g/mol. The Hall–Kier alpha value is -1.22. The largest absolute Gasteiger partial charge is 0.496 e. The van der Waals surface area contributed by atoms with Crippen molar-refractivity contribution < 1.29 is 14.6 Å². The van der Waals surface area contributed by atoms with E-state index in [1.165, 1.54) is 0 Å². The summed E-state index contributed by atoms with van der Waals surface area (Å²) >= 11 is 0. The molecule has 94 valence electrons. The molecule has 0 spiro atoms. The highest BCUT2D eigenvalue weighted by Crippen LogP contribution is 2.41. The number of hydrogen-bond acceptors (Lipinski definition) is 3. The highest BCUT2D eigenvalue weighted by molar-refractivity contribution is 5.46. The van der Waals surface area contributed by atoms with Crippen molar-refractivity contribution in [1.29, 1.82) is 0 Å². The molecule has 1 N–H and O–H groups in total. The van der Waals surface area contributed by atoms with Crippen molar-refractivity contribution >= 4 is 0 Å². The van der Waals surface area contributed by atoms with Gasteiger partial charge in [-0.05, 0) is 44.4 Å². The lowest BCUT2D eigenvalue weighted by Crippen LogP contribution is -2.12. The first-order valence-corrected chi connectivity index (χ1v) is 6.10. The van der Waals surface area contributed by atoms with Gasteiger partial charge in [-0.15, -0.1) is 0 Å². The zero-order chi connectivity index (χ0) is 12.5. The first kappa shape index (κ1) is 12.2. The Bertz CT molecular complexity index is 408. The van der Waals surface area contributed by atoms with E-state index >= 15 is 0 Å². The van der Waals surface area contributed by atoms with E-state index in [-0.39, 0.29) is 0 Å². The average molecular weight is 236 g/mol. The van der Waals surface area contributed by atoms with Gasteiger partial charge in [-0.1, -0.05) is 0 Å². The summed E-state index contributed by atoms with van der Waals surface area (Å²) in [5, 5.41) is 10.00. The molecule has 17 heavy (non-hydrogen) atoms. The van der Waals surface area contributed by atoms with Crippen LogP contribution < -0.4 is 9.47 Å². The predicted octanol–water partition coefficient (Wildman–Crippen LogP) is 2.47. The van der Waals surface area contributed by atoms with E-state index in [1.54, 1.807) is 7.11 Å². The number of methoxy groups -OCH3 is 1. The fraction of sp³-hybridized carbons (Fsp3) is 0.571. The third-order valence-electron chi connectivity index (χ3n) is 3.22. The Morgan fingerprint density at radius 3 is 2.53 bits per heavy atom. The summed E-state index contributed by atoms with van der Waals surface area (Å²) in [5.74, 6) is 1.72. The molecule has 0 atom stereocenters. The lowest BCUT2D eigenvalue weighted by molar-refractivity contribution is 0.150. The van der Waals surface area contributed by atoms with Gasteiger partial charge in [0.15, 0.2) is 0 Å². The second-order valence-electron chi connectivity index (χ2n) is 4.76. The van der Waals surface area contributed by atoms with Crippen LogP contribution in [0.15, 0.2) is 12.1 Å². The lowest BCUT2D eigenvalue weighted by Gasteiger charge is -2.16. The van der Waals surface area contributed by atoms with E-state index in [0.717, 1.165) is 35.5 Å². The molecule has 0 radical (unpaired) electrons. The van der Waals surface area contributed by atoms with Gasteiger partial charge < -0.3 is 14.6 Å². The molecule has 0 aromatic heterocycles. The number of ether oxygens (including phenoxy) is 2. The number of rotatable bonds is 5. The summed E-state index contributed by atoms with van der Waals surface area (Å²) in [6.07, 6.45) is 2.42. The van der Waals surface area contributed by atoms with Crippen LogP contribution in [0, 0.1) is 6.92 Å². The Balaban J connectivity index is 2.30. The number of aliphatic hydroxyl groups is 1. The topological polar surface area (TPSA) is 38.7 Å². The minimum atomic E-state index is -0.508. The smallest absolute Gasteiger partial charge is 0.122 e. The van der Waals surface area contributed by atoms with Crippen LogP contribution in [0.1, 0.15) is 30.9 Å². The van der Waals surface area contributed by atoms with Gasteiger partial charge in [0.2, 0.25) is 0 Å². The number of hydrogen-bond donors (Lipinski definition) is 1. The van der Waals surface area contributed by atoms with Crippen LogP contribution in [-0.2, 0) is 6.42 Å². The normalized spacial score (nSPS) is 16.7. The van der Waals surface area contributed by atoms with Crippen molar-refractivity contribution in [2.45, 2.75) is 38.7 Å². The predicted molar refractivity (Wildman–Crippen MR) is 66.8 cm³/mol. The van der Waals surface area contributed by atoms with Gasteiger partial charge >= 0.3 is 0 Å². The van der Waals surface area contributed by atoms with Crippen LogP contribution in [0.5, 0.6) is 11.5 Å². The summed E-state index contributed by atoms with van der Waals surface area (Å²) in [6.45, 7) is 4.62. The fourth-order valence-electron chi connectivity index (χ4n) is 2.02. The van der Waals surface area contributed by atoms with Gasteiger partial charge in [0, 0.05) is 12.0 Å². The zero-order valence-electron chi connectivity index (χ0n) is 10.7. The molecule has 2 rings (SSSR count). The van der Waals surface area contributed by atoms with Crippen molar-refractivity contribution in [3.63, 3.8) is 0 Å². The highest BCUT2D eigenvalue weighted by atomic mass is 16.5. The van der Waals surface area contributed by atoms with Crippen molar-refractivity contribution in [2.75, 3.05) is 13.7 Å². The molecule has 0 saturated heterocycles. The molecule has 0 unspecified atom stereocenters. The molecule has 1 fully saturated rings. The first-order valence-electron chi connectivity index (χ1n) is 6.10. The quantitative estimate of drug-likeness (QED) is 0.853. The van der Waals surface area contributed by atoms with Gasteiger partial charge in [0.05, 0.1) is 19.3 Å². The molecule has 1 aliphatic carbocycles. The summed E-state index contributed by atoms with van der Waals surface area (Å²) in [5.41, 5.74) is 1.59. The Morgan fingerprint density at radius 2 is 2.00 bits per heavy atom. The van der Waals surface area contributed by atoms with E-state index in [9.17, 15) is 5.11 Å². The number of aryl methyl sites for hydroxylation is 1. The molecule has 3 heteroatoms. The summed E-state index contributed by atoms with van der Waals surface area (Å²) < 4.78 is 10.9. The minimum absolute atomic E-state index is 0.508. The van der Waals surface area contributed by atoms with Crippen LogP contribution in [0.3, 0.4) is 0 Å². The standard InChI is InChI=1S/C14H20O3/c1-4-17-12-8-11(9-14(15)5-6-14)13(16-3)7-10(12)2/h7-8,15H,4-6,9H2,1-3H3. The van der Waals surface area contributed by atoms with Gasteiger partial charge in [0.25, 0.3) is 0 Å². The van der Waals surface area contributed by atoms with Crippen LogP contribution in [-0.4, -0.2) is 24.4 Å². The van der Waals surface area contributed by atoms with Gasteiger partial charge in [-0.2, -0.15) is 0 Å². The van der Waals surface area contributed by atoms with Crippen molar-refractivity contribution in [1.82, 2.24) is 0 Å². The third kappa shape index (κ3) is 2.72. The van der Waals surface area contributed by atoms with E-state index in [1.807, 2.05) is 26.0 Å². The second kappa shape index (κ2) is 4.57. The summed E-state index contributed by atoms with van der Waals surface area (Å²) in [6, 6.07) is 3.97. The van der Waals surface area contributed by atoms with Gasteiger partial charge in [-0.3, -0.25) is 0 Å². The highest BCUT2D eigenvalue weighted by Gasteiger charge is 2.40. The summed E-state index contributed by atoms with van der Waals surface area (Å²) in [7, 11) is 1.66. The van der Waals surface area contributed by atoms with E-state index in [0.29, 0.717) is 13.0 Å².